The smallest absolute Gasteiger partial charge is 0.315 e. The zero-order valence-corrected chi connectivity index (χ0v) is 19.7. The number of urea groups is 1. The number of carbonyl (C=O) groups is 1. The van der Waals surface area contributed by atoms with Gasteiger partial charge in [0.25, 0.3) is 0 Å². The summed E-state index contributed by atoms with van der Waals surface area (Å²) in [6, 6.07) is 3.32. The number of aliphatic hydroxyl groups is 1. The largest absolute Gasteiger partial charge is 0.483 e. The van der Waals surface area contributed by atoms with Crippen molar-refractivity contribution >= 4 is 6.03 Å². The van der Waals surface area contributed by atoms with Crippen molar-refractivity contribution in [2.75, 3.05) is 13.2 Å². The minimum absolute atomic E-state index is 0.0800. The van der Waals surface area contributed by atoms with Crippen LogP contribution in [0.3, 0.4) is 0 Å². The first-order chi connectivity index (χ1) is 15.6. The Morgan fingerprint density at radius 1 is 1.09 bits per heavy atom. The van der Waals surface area contributed by atoms with Gasteiger partial charge in [-0.05, 0) is 68.4 Å². The Hall–Kier alpha value is -1.90. The van der Waals surface area contributed by atoms with Crippen LogP contribution in [0, 0.1) is 17.8 Å². The molecule has 0 aromatic carbocycles. The van der Waals surface area contributed by atoms with Crippen LogP contribution in [0.4, 0.5) is 4.79 Å². The van der Waals surface area contributed by atoms with Gasteiger partial charge in [-0.2, -0.15) is 0 Å². The number of rotatable bonds is 4. The number of nitrogens with one attached hydrogen (secondary N) is 2. The summed E-state index contributed by atoms with van der Waals surface area (Å²) < 4.78 is 18.1. The first-order valence-electron chi connectivity index (χ1n) is 12.2. The number of pyridine rings is 1. The molecule has 8 heteroatoms. The molecule has 180 valence electrons. The summed E-state index contributed by atoms with van der Waals surface area (Å²) in [6.45, 7) is 7.26. The third-order valence-electron chi connectivity index (χ3n) is 8.50. The van der Waals surface area contributed by atoms with Crippen molar-refractivity contribution in [1.82, 2.24) is 15.6 Å². The molecule has 1 aromatic rings. The molecule has 33 heavy (non-hydrogen) atoms. The van der Waals surface area contributed by atoms with Gasteiger partial charge in [0.05, 0.1) is 30.6 Å². The molecule has 2 amide bonds. The molecule has 8 nitrogen and oxygen atoms in total. The maximum absolute atomic E-state index is 13.1. The Morgan fingerprint density at radius 3 is 2.52 bits per heavy atom. The zero-order chi connectivity index (χ0) is 23.1. The summed E-state index contributed by atoms with van der Waals surface area (Å²) in [5.41, 5.74) is -0.0347. The maximum atomic E-state index is 13.1. The summed E-state index contributed by atoms with van der Waals surface area (Å²) in [4.78, 5) is 17.4. The number of fused-ring (bicyclic) bond motifs is 1. The molecule has 3 N–H and O–H groups in total. The van der Waals surface area contributed by atoms with E-state index in [1.54, 1.807) is 6.20 Å². The number of aryl methyl sites for hydroxylation is 1. The van der Waals surface area contributed by atoms with E-state index in [-0.39, 0.29) is 46.8 Å². The topological polar surface area (TPSA) is 102 Å². The molecule has 7 rings (SSSR count). The van der Waals surface area contributed by atoms with E-state index in [1.165, 1.54) is 0 Å². The molecule has 4 aliphatic carbocycles. The van der Waals surface area contributed by atoms with E-state index in [9.17, 15) is 9.90 Å². The van der Waals surface area contributed by atoms with E-state index in [1.807, 2.05) is 19.1 Å². The van der Waals surface area contributed by atoms with Crippen LogP contribution in [0.1, 0.15) is 58.1 Å². The second-order valence-electron chi connectivity index (χ2n) is 12.2. The Bertz CT molecular complexity index is 916. The summed E-state index contributed by atoms with van der Waals surface area (Å²) >= 11 is 0. The van der Waals surface area contributed by atoms with Gasteiger partial charge in [-0.3, -0.25) is 4.98 Å². The highest BCUT2D eigenvalue weighted by molar-refractivity contribution is 5.75. The van der Waals surface area contributed by atoms with Crippen molar-refractivity contribution in [2.24, 2.45) is 10.8 Å². The van der Waals surface area contributed by atoms with E-state index < -0.39 is 5.60 Å². The van der Waals surface area contributed by atoms with Gasteiger partial charge >= 0.3 is 6.03 Å². The van der Waals surface area contributed by atoms with Crippen LogP contribution in [0.2, 0.25) is 0 Å². The third kappa shape index (κ3) is 3.70. The molecule has 2 aliphatic heterocycles. The normalized spacial score (nSPS) is 47.4. The molecule has 4 bridgehead atoms. The highest BCUT2D eigenvalue weighted by atomic mass is 16.6. The Kier molecular flexibility index (Phi) is 4.62. The molecule has 1 aromatic heterocycles. The highest BCUT2D eigenvalue weighted by Crippen LogP contribution is 2.67. The Balaban J connectivity index is 1.10. The molecule has 0 spiro atoms. The van der Waals surface area contributed by atoms with Crippen molar-refractivity contribution in [2.45, 2.75) is 94.8 Å². The minimum Gasteiger partial charge on any atom is -0.483 e. The molecule has 4 saturated carbocycles. The second kappa shape index (κ2) is 7.06. The lowest BCUT2D eigenvalue weighted by Crippen LogP contribution is -2.71. The first-order valence-corrected chi connectivity index (χ1v) is 12.2. The standard InChI is InChI=1S/C25H35N3O5/c1-15-17(5-4-6-26-15)33-18-8-32-19-16(7-31-20(18)19)27-21(29)28-24-10-22(2)9-23(3,11-24)13-25(30,12-22)14-24/h4-6,16,18-20,30H,7-14H2,1-3H3,(H2,27,28,29)/t16-,18-,19+,20+,22-,23+,24?,25?/m0/s1. The highest BCUT2D eigenvalue weighted by Gasteiger charge is 2.65. The van der Waals surface area contributed by atoms with Gasteiger partial charge in [0.1, 0.15) is 18.0 Å². The van der Waals surface area contributed by atoms with Crippen molar-refractivity contribution < 1.29 is 24.1 Å². The lowest BCUT2D eigenvalue weighted by Gasteiger charge is -2.68. The predicted molar refractivity (Wildman–Crippen MR) is 120 cm³/mol. The SMILES string of the molecule is Cc1ncccc1O[C@H]1CO[C@H]2[C@@H]1OC[C@@H]2NC(=O)NC12CC3(O)C[C@@](C)(C1)C[C@](C)(C3)C2. The van der Waals surface area contributed by atoms with E-state index >= 15 is 0 Å². The van der Waals surface area contributed by atoms with Gasteiger partial charge in [-0.15, -0.1) is 0 Å². The van der Waals surface area contributed by atoms with E-state index in [0.29, 0.717) is 19.6 Å². The van der Waals surface area contributed by atoms with E-state index in [2.05, 4.69) is 29.5 Å². The number of hydrogen-bond donors (Lipinski definition) is 3. The predicted octanol–water partition coefficient (Wildman–Crippen LogP) is 2.47. The fourth-order valence-electron chi connectivity index (χ4n) is 8.66. The Labute approximate surface area is 194 Å². The van der Waals surface area contributed by atoms with Crippen molar-refractivity contribution in [3.8, 4) is 5.75 Å². The summed E-state index contributed by atoms with van der Waals surface area (Å²) in [7, 11) is 0. The molecule has 2 saturated heterocycles. The molecule has 2 unspecified atom stereocenters. The van der Waals surface area contributed by atoms with Crippen LogP contribution < -0.4 is 15.4 Å². The van der Waals surface area contributed by atoms with Gasteiger partial charge in [0.2, 0.25) is 0 Å². The average molecular weight is 458 g/mol. The molecular weight excluding hydrogens is 422 g/mol. The molecular formula is C25H35N3O5. The summed E-state index contributed by atoms with van der Waals surface area (Å²) in [5.74, 6) is 0.728. The van der Waals surface area contributed by atoms with Crippen LogP contribution in [0.15, 0.2) is 18.3 Å². The summed E-state index contributed by atoms with van der Waals surface area (Å²) in [5, 5.41) is 17.7. The quantitative estimate of drug-likeness (QED) is 0.642. The average Bonchev–Trinajstić information content (AvgIpc) is 3.23. The molecule has 6 fully saturated rings. The monoisotopic (exact) mass is 457 g/mol. The second-order valence-corrected chi connectivity index (χ2v) is 12.2. The van der Waals surface area contributed by atoms with Crippen LogP contribution in [0.25, 0.3) is 0 Å². The van der Waals surface area contributed by atoms with Crippen LogP contribution in [-0.2, 0) is 9.47 Å². The van der Waals surface area contributed by atoms with E-state index in [0.717, 1.165) is 43.5 Å². The van der Waals surface area contributed by atoms with Crippen molar-refractivity contribution in [3.63, 3.8) is 0 Å². The van der Waals surface area contributed by atoms with Gasteiger partial charge < -0.3 is 30.0 Å². The molecule has 3 heterocycles. The number of aromatic nitrogens is 1. The first kappa shape index (κ1) is 21.6. The molecule has 6 aliphatic rings. The number of amides is 2. The zero-order valence-electron chi connectivity index (χ0n) is 19.7. The minimum atomic E-state index is -0.670. The van der Waals surface area contributed by atoms with Gasteiger partial charge in [0, 0.05) is 11.7 Å². The number of ether oxygens (including phenoxy) is 3. The lowest BCUT2D eigenvalue weighted by molar-refractivity contribution is -0.201. The van der Waals surface area contributed by atoms with Crippen LogP contribution in [-0.4, -0.2) is 64.8 Å². The fraction of sp³-hybridized carbons (Fsp3) is 0.760. The van der Waals surface area contributed by atoms with Crippen LogP contribution >= 0.6 is 0 Å². The van der Waals surface area contributed by atoms with Gasteiger partial charge in [-0.1, -0.05) is 13.8 Å². The van der Waals surface area contributed by atoms with Crippen LogP contribution in [0.5, 0.6) is 5.75 Å². The van der Waals surface area contributed by atoms with Crippen molar-refractivity contribution in [1.29, 1.82) is 0 Å². The maximum Gasteiger partial charge on any atom is 0.315 e. The fourth-order valence-corrected chi connectivity index (χ4v) is 8.66. The lowest BCUT2D eigenvalue weighted by atomic mass is 9.41. The molecule has 0 radical (unpaired) electrons. The molecule has 8 atom stereocenters. The third-order valence-corrected chi connectivity index (χ3v) is 8.50. The van der Waals surface area contributed by atoms with Gasteiger partial charge in [-0.25, -0.2) is 4.79 Å². The van der Waals surface area contributed by atoms with Gasteiger partial charge in [0.15, 0.2) is 6.10 Å². The summed E-state index contributed by atoms with van der Waals surface area (Å²) in [6.07, 6.45) is 6.33. The number of hydrogen-bond acceptors (Lipinski definition) is 6. The number of carbonyl (C=O) groups excluding carboxylic acids is 1. The van der Waals surface area contributed by atoms with E-state index in [4.69, 9.17) is 14.2 Å². The number of nitrogens with zero attached hydrogens (tertiary/aromatic N) is 1. The Morgan fingerprint density at radius 2 is 1.82 bits per heavy atom. The van der Waals surface area contributed by atoms with Crippen molar-refractivity contribution in [3.05, 3.63) is 24.0 Å².